The van der Waals surface area contributed by atoms with Crippen LogP contribution in [0, 0.1) is 17.5 Å². The van der Waals surface area contributed by atoms with E-state index in [0.717, 1.165) is 28.8 Å². The number of halogens is 3. The molecule has 0 radical (unpaired) electrons. The predicted octanol–water partition coefficient (Wildman–Crippen LogP) is 4.14. The predicted molar refractivity (Wildman–Crippen MR) is 84.0 cm³/mol. The first kappa shape index (κ1) is 14.9. The molecule has 2 heterocycles. The van der Waals surface area contributed by atoms with Crippen molar-refractivity contribution < 1.29 is 18.0 Å². The zero-order valence-corrected chi connectivity index (χ0v) is 12.9. The molecule has 0 bridgehead atoms. The highest BCUT2D eigenvalue weighted by atomic mass is 32.1. The van der Waals surface area contributed by atoms with E-state index in [0.29, 0.717) is 17.7 Å². The van der Waals surface area contributed by atoms with Crippen LogP contribution in [0.2, 0.25) is 0 Å². The van der Waals surface area contributed by atoms with E-state index in [2.05, 4.69) is 9.69 Å². The van der Waals surface area contributed by atoms with E-state index in [-0.39, 0.29) is 11.5 Å². The van der Waals surface area contributed by atoms with Gasteiger partial charge in [0.1, 0.15) is 0 Å². The average Bonchev–Trinajstić information content (AvgIpc) is 3.22. The molecule has 1 aliphatic heterocycles. The molecule has 0 aliphatic carbocycles. The number of amides is 1. The molecule has 3 aromatic rings. The van der Waals surface area contributed by atoms with Gasteiger partial charge in [0.25, 0.3) is 5.91 Å². The zero-order chi connectivity index (χ0) is 16.8. The normalized spacial score (nSPS) is 13.0. The highest BCUT2D eigenvalue weighted by Crippen LogP contribution is 2.35. The largest absolute Gasteiger partial charge is 0.348 e. The molecule has 0 fully saturated rings. The Kier molecular flexibility index (Phi) is 3.38. The molecular weight excluding hydrogens is 337 g/mol. The fraction of sp³-hybridized carbons (Fsp3) is 0.0588. The lowest BCUT2D eigenvalue weighted by Crippen LogP contribution is -2.12. The van der Waals surface area contributed by atoms with Gasteiger partial charge in [-0.1, -0.05) is 0 Å². The van der Waals surface area contributed by atoms with Gasteiger partial charge >= 0.3 is 0 Å². The molecule has 0 spiro atoms. The summed E-state index contributed by atoms with van der Waals surface area (Å²) < 4.78 is 44.3. The van der Waals surface area contributed by atoms with Crippen LogP contribution in [0.4, 0.5) is 13.2 Å². The third kappa shape index (κ3) is 2.28. The summed E-state index contributed by atoms with van der Waals surface area (Å²) in [5.41, 5.74) is 3.44. The third-order valence-electron chi connectivity index (χ3n) is 3.98. The Labute approximate surface area is 138 Å². The van der Waals surface area contributed by atoms with E-state index in [1.165, 1.54) is 11.5 Å². The van der Waals surface area contributed by atoms with Gasteiger partial charge in [-0.15, -0.1) is 0 Å². The van der Waals surface area contributed by atoms with Gasteiger partial charge in [0.15, 0.2) is 17.5 Å². The molecule has 24 heavy (non-hydrogen) atoms. The summed E-state index contributed by atoms with van der Waals surface area (Å²) in [6.45, 7) is 0.381. The van der Waals surface area contributed by atoms with Gasteiger partial charge in [-0.2, -0.15) is 0 Å². The molecule has 1 amide bonds. The number of carbonyl (C=O) groups excluding carboxylic acids is 1. The van der Waals surface area contributed by atoms with Crippen LogP contribution in [-0.2, 0) is 6.54 Å². The molecule has 0 saturated carbocycles. The van der Waals surface area contributed by atoms with E-state index in [1.807, 2.05) is 5.38 Å². The maximum atomic E-state index is 13.5. The Morgan fingerprint density at radius 2 is 1.62 bits per heavy atom. The van der Waals surface area contributed by atoms with E-state index in [1.54, 1.807) is 18.3 Å². The molecule has 2 aromatic carbocycles. The van der Waals surface area contributed by atoms with Crippen molar-refractivity contribution >= 4 is 17.4 Å². The number of carbonyl (C=O) groups is 1. The third-order valence-corrected chi connectivity index (χ3v) is 4.57. The van der Waals surface area contributed by atoms with Crippen LogP contribution in [0.3, 0.4) is 0 Å². The molecule has 3 nitrogen and oxygen atoms in total. The molecule has 1 aliphatic rings. The molecule has 7 heteroatoms. The number of rotatable bonds is 2. The minimum Gasteiger partial charge on any atom is -0.348 e. The Bertz CT molecular complexity index is 947. The van der Waals surface area contributed by atoms with Gasteiger partial charge < -0.3 is 5.32 Å². The standard InChI is InChI=1S/C17H9F3N2OS/c18-14-3-9(4-15(19)16(14)20)8-1-11(10-5-22-24-7-10)13-6-21-17(23)12(13)2-8/h1-5,7H,6H2,(H,21,23). The summed E-state index contributed by atoms with van der Waals surface area (Å²) in [5, 5.41) is 4.56. The van der Waals surface area contributed by atoms with Gasteiger partial charge in [-0.3, -0.25) is 4.79 Å². The summed E-state index contributed by atoms with van der Waals surface area (Å²) in [6, 6.07) is 5.13. The van der Waals surface area contributed by atoms with Crippen molar-refractivity contribution in [1.29, 1.82) is 0 Å². The molecule has 0 saturated heterocycles. The monoisotopic (exact) mass is 346 g/mol. The SMILES string of the molecule is O=C1NCc2c1cc(-c1cc(F)c(F)c(F)c1)cc2-c1cnsc1. The van der Waals surface area contributed by atoms with Crippen molar-refractivity contribution in [2.75, 3.05) is 0 Å². The first-order chi connectivity index (χ1) is 11.5. The first-order valence-corrected chi connectivity index (χ1v) is 7.88. The van der Waals surface area contributed by atoms with Gasteiger partial charge in [-0.05, 0) is 58.1 Å². The first-order valence-electron chi connectivity index (χ1n) is 7.04. The number of hydrogen-bond acceptors (Lipinski definition) is 3. The molecule has 4 rings (SSSR count). The summed E-state index contributed by atoms with van der Waals surface area (Å²) >= 11 is 1.26. The van der Waals surface area contributed by atoms with Crippen molar-refractivity contribution in [3.63, 3.8) is 0 Å². The highest BCUT2D eigenvalue weighted by Gasteiger charge is 2.24. The summed E-state index contributed by atoms with van der Waals surface area (Å²) in [7, 11) is 0. The van der Waals surface area contributed by atoms with Gasteiger partial charge in [0.05, 0.1) is 0 Å². The summed E-state index contributed by atoms with van der Waals surface area (Å²) in [5.74, 6) is -4.30. The molecule has 120 valence electrons. The van der Waals surface area contributed by atoms with E-state index < -0.39 is 17.5 Å². The second-order valence-corrected chi connectivity index (χ2v) is 6.06. The minimum atomic E-state index is -1.51. The number of hydrogen-bond donors (Lipinski definition) is 1. The van der Waals surface area contributed by atoms with Crippen molar-refractivity contribution in [2.24, 2.45) is 0 Å². The topological polar surface area (TPSA) is 42.0 Å². The molecule has 1 aromatic heterocycles. The number of aromatic nitrogens is 1. The smallest absolute Gasteiger partial charge is 0.251 e. The van der Waals surface area contributed by atoms with E-state index >= 15 is 0 Å². The maximum Gasteiger partial charge on any atom is 0.251 e. The second kappa shape index (κ2) is 5.45. The Hall–Kier alpha value is -2.67. The highest BCUT2D eigenvalue weighted by molar-refractivity contribution is 7.03. The van der Waals surface area contributed by atoms with Crippen molar-refractivity contribution in [2.45, 2.75) is 6.54 Å². The number of nitrogens with zero attached hydrogens (tertiary/aromatic N) is 1. The van der Waals surface area contributed by atoms with Crippen LogP contribution >= 0.6 is 11.5 Å². The lowest BCUT2D eigenvalue weighted by Gasteiger charge is -2.10. The summed E-state index contributed by atoms with van der Waals surface area (Å²) in [6.07, 6.45) is 1.67. The van der Waals surface area contributed by atoms with Crippen molar-refractivity contribution in [3.05, 3.63) is 64.4 Å². The van der Waals surface area contributed by atoms with Crippen LogP contribution < -0.4 is 5.32 Å². The molecule has 1 N–H and O–H groups in total. The fourth-order valence-electron chi connectivity index (χ4n) is 2.81. The van der Waals surface area contributed by atoms with Crippen LogP contribution in [0.15, 0.2) is 35.8 Å². The number of benzene rings is 2. The Morgan fingerprint density at radius 1 is 0.958 bits per heavy atom. The number of nitrogens with one attached hydrogen (secondary N) is 1. The lowest BCUT2D eigenvalue weighted by molar-refractivity contribution is 0.0966. The van der Waals surface area contributed by atoms with Crippen molar-refractivity contribution in [3.8, 4) is 22.3 Å². The van der Waals surface area contributed by atoms with Gasteiger partial charge in [0, 0.05) is 29.2 Å². The number of fused-ring (bicyclic) bond motifs is 1. The van der Waals surface area contributed by atoms with E-state index in [4.69, 9.17) is 0 Å². The van der Waals surface area contributed by atoms with Gasteiger partial charge in [0.2, 0.25) is 0 Å². The van der Waals surface area contributed by atoms with Crippen LogP contribution in [0.5, 0.6) is 0 Å². The van der Waals surface area contributed by atoms with Crippen LogP contribution in [0.1, 0.15) is 15.9 Å². The van der Waals surface area contributed by atoms with E-state index in [9.17, 15) is 18.0 Å². The van der Waals surface area contributed by atoms with Gasteiger partial charge in [-0.25, -0.2) is 17.5 Å². The second-order valence-electron chi connectivity index (χ2n) is 5.40. The quantitative estimate of drug-likeness (QED) is 0.709. The van der Waals surface area contributed by atoms with Crippen LogP contribution in [-0.4, -0.2) is 10.3 Å². The Morgan fingerprint density at radius 3 is 2.29 bits per heavy atom. The van der Waals surface area contributed by atoms with Crippen LogP contribution in [0.25, 0.3) is 22.3 Å². The average molecular weight is 346 g/mol. The van der Waals surface area contributed by atoms with Crippen molar-refractivity contribution in [1.82, 2.24) is 9.69 Å². The molecule has 0 unspecified atom stereocenters. The fourth-order valence-corrected chi connectivity index (χ4v) is 3.35. The molecule has 0 atom stereocenters. The lowest BCUT2D eigenvalue weighted by atomic mass is 9.93. The molecular formula is C17H9F3N2OS. The minimum absolute atomic E-state index is 0.165. The Balaban J connectivity index is 1.96. The maximum absolute atomic E-state index is 13.5. The zero-order valence-electron chi connectivity index (χ0n) is 12.1. The summed E-state index contributed by atoms with van der Waals surface area (Å²) in [4.78, 5) is 12.0.